The highest BCUT2D eigenvalue weighted by Crippen LogP contribution is 2.21. The highest BCUT2D eigenvalue weighted by Gasteiger charge is 2.31. The topological polar surface area (TPSA) is 92.5 Å². The number of carbonyl (C=O) groups excluding carboxylic acids is 1. The van der Waals surface area contributed by atoms with Crippen LogP contribution < -0.4 is 10.5 Å². The zero-order chi connectivity index (χ0) is 19.2. The van der Waals surface area contributed by atoms with Crippen LogP contribution in [0.2, 0.25) is 0 Å². The van der Waals surface area contributed by atoms with Gasteiger partial charge < -0.3 is 10.6 Å². The molecule has 0 aromatic heterocycles. The Morgan fingerprint density at radius 2 is 1.92 bits per heavy atom. The first-order chi connectivity index (χ1) is 12.3. The lowest BCUT2D eigenvalue weighted by Crippen LogP contribution is -2.51. The molecule has 3 N–H and O–H groups in total. The summed E-state index contributed by atoms with van der Waals surface area (Å²) in [6.07, 6.45) is 4.15. The van der Waals surface area contributed by atoms with Crippen molar-refractivity contribution in [1.82, 2.24) is 9.62 Å². The maximum Gasteiger partial charge on any atom is 0.241 e. The van der Waals surface area contributed by atoms with Gasteiger partial charge in [0.25, 0.3) is 0 Å². The van der Waals surface area contributed by atoms with Crippen molar-refractivity contribution in [2.24, 2.45) is 11.7 Å². The molecule has 2 unspecified atom stereocenters. The van der Waals surface area contributed by atoms with Gasteiger partial charge in [0.05, 0.1) is 4.90 Å². The van der Waals surface area contributed by atoms with E-state index >= 15 is 0 Å². The third-order valence-corrected chi connectivity index (χ3v) is 6.99. The number of thioether (sulfide) groups is 1. The van der Waals surface area contributed by atoms with E-state index in [0.717, 1.165) is 12.8 Å². The molecule has 6 nitrogen and oxygen atoms in total. The Kier molecular flexibility index (Phi) is 7.94. The first-order valence-electron chi connectivity index (χ1n) is 8.96. The van der Waals surface area contributed by atoms with Crippen molar-refractivity contribution in [2.45, 2.75) is 43.2 Å². The van der Waals surface area contributed by atoms with E-state index in [-0.39, 0.29) is 16.8 Å². The van der Waals surface area contributed by atoms with E-state index in [1.807, 2.05) is 13.2 Å². The maximum absolute atomic E-state index is 12.9. The number of benzene rings is 1. The monoisotopic (exact) mass is 399 g/mol. The van der Waals surface area contributed by atoms with Gasteiger partial charge in [-0.2, -0.15) is 16.5 Å². The van der Waals surface area contributed by atoms with Gasteiger partial charge in [0.15, 0.2) is 0 Å². The molecule has 0 saturated carbocycles. The zero-order valence-electron chi connectivity index (χ0n) is 15.4. The van der Waals surface area contributed by atoms with Gasteiger partial charge in [0.1, 0.15) is 6.04 Å². The van der Waals surface area contributed by atoms with E-state index in [1.165, 1.54) is 12.1 Å². The van der Waals surface area contributed by atoms with Crippen molar-refractivity contribution in [2.75, 3.05) is 25.1 Å². The van der Waals surface area contributed by atoms with E-state index in [4.69, 9.17) is 5.73 Å². The molecule has 1 amide bonds. The van der Waals surface area contributed by atoms with Crippen molar-refractivity contribution in [1.29, 1.82) is 0 Å². The molecule has 0 radical (unpaired) electrons. The lowest BCUT2D eigenvalue weighted by Gasteiger charge is -2.35. The van der Waals surface area contributed by atoms with Crippen LogP contribution in [0.4, 0.5) is 0 Å². The van der Waals surface area contributed by atoms with E-state index in [0.29, 0.717) is 31.2 Å². The standard InChI is InChI=1S/C18H29N3O3S2/c1-14(19)15-8-11-21(12-9-15)18(22)17(10-13-25-2)20-26(23,24)16-6-4-3-5-7-16/h3-7,14-15,17,20H,8-13,19H2,1-2H3. The molecule has 8 heteroatoms. The first-order valence-corrected chi connectivity index (χ1v) is 11.8. The summed E-state index contributed by atoms with van der Waals surface area (Å²) in [6, 6.07) is 7.56. The summed E-state index contributed by atoms with van der Waals surface area (Å²) in [4.78, 5) is 14.9. The minimum absolute atomic E-state index is 0.121. The van der Waals surface area contributed by atoms with Gasteiger partial charge in [-0.05, 0) is 56.2 Å². The summed E-state index contributed by atoms with van der Waals surface area (Å²) in [7, 11) is -3.72. The largest absolute Gasteiger partial charge is 0.341 e. The fourth-order valence-corrected chi connectivity index (χ4v) is 4.91. The Bertz CT molecular complexity index is 672. The Morgan fingerprint density at radius 1 is 1.31 bits per heavy atom. The Hall–Kier alpha value is -1.09. The molecule has 1 aliphatic heterocycles. The molecule has 1 aliphatic rings. The van der Waals surface area contributed by atoms with Gasteiger partial charge in [0, 0.05) is 19.1 Å². The lowest BCUT2D eigenvalue weighted by molar-refractivity contribution is -0.134. The predicted molar refractivity (Wildman–Crippen MR) is 107 cm³/mol. The van der Waals surface area contributed by atoms with Crippen LogP contribution in [0.15, 0.2) is 35.2 Å². The van der Waals surface area contributed by atoms with Crippen LogP contribution in [0.5, 0.6) is 0 Å². The summed E-state index contributed by atoms with van der Waals surface area (Å²) in [5.41, 5.74) is 5.96. The van der Waals surface area contributed by atoms with Gasteiger partial charge in [-0.1, -0.05) is 18.2 Å². The number of hydrogen-bond acceptors (Lipinski definition) is 5. The van der Waals surface area contributed by atoms with E-state index in [9.17, 15) is 13.2 Å². The smallest absolute Gasteiger partial charge is 0.241 e. The minimum atomic E-state index is -3.72. The molecule has 0 aliphatic carbocycles. The average molecular weight is 400 g/mol. The molecule has 146 valence electrons. The van der Waals surface area contributed by atoms with Crippen LogP contribution >= 0.6 is 11.8 Å². The van der Waals surface area contributed by atoms with E-state index in [1.54, 1.807) is 34.9 Å². The zero-order valence-corrected chi connectivity index (χ0v) is 17.1. The molecular formula is C18H29N3O3S2. The molecule has 1 heterocycles. The van der Waals surface area contributed by atoms with Crippen LogP contribution in [-0.4, -0.2) is 56.4 Å². The summed E-state index contributed by atoms with van der Waals surface area (Å²) in [5.74, 6) is 0.996. The van der Waals surface area contributed by atoms with Crippen molar-refractivity contribution in [3.05, 3.63) is 30.3 Å². The van der Waals surface area contributed by atoms with Gasteiger partial charge in [0.2, 0.25) is 15.9 Å². The number of amides is 1. The van der Waals surface area contributed by atoms with E-state index < -0.39 is 16.1 Å². The first kappa shape index (κ1) is 21.2. The van der Waals surface area contributed by atoms with Crippen LogP contribution in [0, 0.1) is 5.92 Å². The number of nitrogens with two attached hydrogens (primary N) is 1. The minimum Gasteiger partial charge on any atom is -0.341 e. The van der Waals surface area contributed by atoms with E-state index in [2.05, 4.69) is 4.72 Å². The molecular weight excluding hydrogens is 370 g/mol. The summed E-state index contributed by atoms with van der Waals surface area (Å²) in [6.45, 7) is 3.26. The quantitative estimate of drug-likeness (QED) is 0.694. The molecule has 2 rings (SSSR count). The van der Waals surface area contributed by atoms with Crippen LogP contribution in [0.3, 0.4) is 0 Å². The second-order valence-electron chi connectivity index (χ2n) is 6.79. The highest BCUT2D eigenvalue weighted by atomic mass is 32.2. The van der Waals surface area contributed by atoms with Gasteiger partial charge in [-0.15, -0.1) is 0 Å². The van der Waals surface area contributed by atoms with Gasteiger partial charge in [-0.25, -0.2) is 8.42 Å². The number of likely N-dealkylation sites (tertiary alicyclic amines) is 1. The molecule has 1 aromatic carbocycles. The molecule has 26 heavy (non-hydrogen) atoms. The number of piperidine rings is 1. The maximum atomic E-state index is 12.9. The van der Waals surface area contributed by atoms with Crippen LogP contribution in [0.25, 0.3) is 0 Å². The highest BCUT2D eigenvalue weighted by molar-refractivity contribution is 7.98. The Balaban J connectivity index is 2.08. The van der Waals surface area contributed by atoms with Crippen LogP contribution in [-0.2, 0) is 14.8 Å². The van der Waals surface area contributed by atoms with Crippen LogP contribution in [0.1, 0.15) is 26.2 Å². The number of rotatable bonds is 8. The normalized spacial score (nSPS) is 18.5. The summed E-state index contributed by atoms with van der Waals surface area (Å²) in [5, 5.41) is 0. The number of hydrogen-bond donors (Lipinski definition) is 2. The Labute approximate surface area is 160 Å². The third kappa shape index (κ3) is 5.70. The van der Waals surface area contributed by atoms with Crippen molar-refractivity contribution >= 4 is 27.7 Å². The number of carbonyl (C=O) groups is 1. The SMILES string of the molecule is CSCCC(NS(=O)(=O)c1ccccc1)C(=O)N1CCC(C(C)N)CC1. The summed E-state index contributed by atoms with van der Waals surface area (Å²) >= 11 is 1.60. The predicted octanol–water partition coefficient (Wildman–Crippen LogP) is 1.67. The molecule has 2 atom stereocenters. The second kappa shape index (κ2) is 9.73. The Morgan fingerprint density at radius 3 is 2.46 bits per heavy atom. The molecule has 0 spiro atoms. The van der Waals surface area contributed by atoms with Gasteiger partial charge in [-0.3, -0.25) is 4.79 Å². The lowest BCUT2D eigenvalue weighted by atomic mass is 9.90. The molecule has 1 saturated heterocycles. The fraction of sp³-hybridized carbons (Fsp3) is 0.611. The fourth-order valence-electron chi connectivity index (χ4n) is 3.19. The number of sulfonamides is 1. The third-order valence-electron chi connectivity index (χ3n) is 4.85. The van der Waals surface area contributed by atoms with Crippen molar-refractivity contribution in [3.63, 3.8) is 0 Å². The van der Waals surface area contributed by atoms with Gasteiger partial charge >= 0.3 is 0 Å². The number of nitrogens with one attached hydrogen (secondary N) is 1. The molecule has 0 bridgehead atoms. The molecule has 1 aromatic rings. The second-order valence-corrected chi connectivity index (χ2v) is 9.49. The summed E-state index contributed by atoms with van der Waals surface area (Å²) < 4.78 is 27.9. The molecule has 1 fully saturated rings. The van der Waals surface area contributed by atoms with Crippen molar-refractivity contribution < 1.29 is 13.2 Å². The van der Waals surface area contributed by atoms with Crippen molar-refractivity contribution in [3.8, 4) is 0 Å². The average Bonchev–Trinajstić information content (AvgIpc) is 2.65. The number of nitrogens with zero attached hydrogens (tertiary/aromatic N) is 1.